The van der Waals surface area contributed by atoms with Crippen molar-refractivity contribution >= 4 is 5.97 Å². The molecular weight excluding hydrogens is 303 g/mol. The van der Waals surface area contributed by atoms with Gasteiger partial charge in [-0.3, -0.25) is 9.59 Å². The lowest BCUT2D eigenvalue weighted by atomic mass is 9.99. The fraction of sp³-hybridized carbons (Fsp3) is 0.143. The molecule has 0 amide bonds. The zero-order valence-electron chi connectivity index (χ0n) is 11.0. The molecule has 0 bridgehead atoms. The van der Waals surface area contributed by atoms with E-state index in [9.17, 15) is 22.8 Å². The normalized spacial score (nSPS) is 11.2. The van der Waals surface area contributed by atoms with Gasteiger partial charge in [-0.25, -0.2) is 0 Å². The minimum atomic E-state index is -4.86. The minimum absolute atomic E-state index is 0.00229. The van der Waals surface area contributed by atoms with Crippen LogP contribution in [0.4, 0.5) is 13.2 Å². The second kappa shape index (κ2) is 5.92. The van der Waals surface area contributed by atoms with Crippen LogP contribution in [-0.2, 0) is 11.2 Å². The number of carboxylic acid groups (broad SMARTS) is 1. The summed E-state index contributed by atoms with van der Waals surface area (Å²) in [5.41, 5.74) is -0.263. The molecule has 116 valence electrons. The first-order valence-electron chi connectivity index (χ1n) is 6.05. The lowest BCUT2D eigenvalue weighted by Crippen LogP contribution is -2.17. The molecule has 0 unspecified atom stereocenters. The van der Waals surface area contributed by atoms with Crippen molar-refractivity contribution in [3.8, 4) is 16.9 Å². The Kier molecular flexibility index (Phi) is 4.20. The molecule has 2 aromatic rings. The van der Waals surface area contributed by atoms with E-state index in [1.165, 1.54) is 24.4 Å². The van der Waals surface area contributed by atoms with E-state index in [2.05, 4.69) is 9.72 Å². The summed E-state index contributed by atoms with van der Waals surface area (Å²) < 4.78 is 40.5. The fourth-order valence-electron chi connectivity index (χ4n) is 1.99. The number of H-pyrrole nitrogens is 1. The van der Waals surface area contributed by atoms with E-state index in [4.69, 9.17) is 5.11 Å². The van der Waals surface area contributed by atoms with Crippen LogP contribution in [0, 0.1) is 0 Å². The van der Waals surface area contributed by atoms with Gasteiger partial charge in [0.2, 0.25) is 0 Å². The summed E-state index contributed by atoms with van der Waals surface area (Å²) in [5, 5.41) is 8.85. The van der Waals surface area contributed by atoms with Gasteiger partial charge in [-0.1, -0.05) is 12.1 Å². The van der Waals surface area contributed by atoms with Gasteiger partial charge in [0.25, 0.3) is 5.56 Å². The van der Waals surface area contributed by atoms with Crippen LogP contribution in [0.3, 0.4) is 0 Å². The fourth-order valence-corrected chi connectivity index (χ4v) is 1.99. The van der Waals surface area contributed by atoms with Crippen molar-refractivity contribution in [1.29, 1.82) is 0 Å². The highest BCUT2D eigenvalue weighted by Gasteiger charge is 2.31. The zero-order valence-corrected chi connectivity index (χ0v) is 11.0. The van der Waals surface area contributed by atoms with Crippen molar-refractivity contribution < 1.29 is 27.8 Å². The molecule has 0 fully saturated rings. The maximum absolute atomic E-state index is 12.2. The molecule has 22 heavy (non-hydrogen) atoms. The highest BCUT2D eigenvalue weighted by atomic mass is 19.4. The van der Waals surface area contributed by atoms with E-state index in [-0.39, 0.29) is 16.7 Å². The van der Waals surface area contributed by atoms with Gasteiger partial charge in [0.15, 0.2) is 0 Å². The van der Waals surface area contributed by atoms with Crippen molar-refractivity contribution in [3.63, 3.8) is 0 Å². The number of aromatic nitrogens is 1. The molecule has 0 aliphatic rings. The average molecular weight is 313 g/mol. The molecule has 0 saturated carbocycles. The van der Waals surface area contributed by atoms with Gasteiger partial charge in [-0.05, 0) is 29.3 Å². The van der Waals surface area contributed by atoms with E-state index in [0.717, 1.165) is 12.1 Å². The number of hydrogen-bond donors (Lipinski definition) is 2. The summed E-state index contributed by atoms with van der Waals surface area (Å²) in [6.45, 7) is 0. The molecule has 1 aromatic heterocycles. The largest absolute Gasteiger partial charge is 0.573 e. The van der Waals surface area contributed by atoms with Gasteiger partial charge in [-0.15, -0.1) is 13.2 Å². The molecule has 0 spiro atoms. The maximum atomic E-state index is 12.2. The smallest absolute Gasteiger partial charge is 0.481 e. The first-order valence-corrected chi connectivity index (χ1v) is 6.05. The first kappa shape index (κ1) is 15.6. The topological polar surface area (TPSA) is 79.4 Å². The molecule has 1 aromatic carbocycles. The van der Waals surface area contributed by atoms with E-state index in [1.54, 1.807) is 0 Å². The number of aromatic amines is 1. The quantitative estimate of drug-likeness (QED) is 0.909. The number of benzene rings is 1. The third kappa shape index (κ3) is 3.87. The van der Waals surface area contributed by atoms with Gasteiger partial charge in [-0.2, -0.15) is 0 Å². The second-order valence-corrected chi connectivity index (χ2v) is 4.35. The van der Waals surface area contributed by atoms with Crippen LogP contribution in [0.15, 0.2) is 41.3 Å². The number of halogens is 3. The lowest BCUT2D eigenvalue weighted by Gasteiger charge is -2.11. The number of hydrogen-bond acceptors (Lipinski definition) is 3. The number of rotatable bonds is 4. The molecule has 8 heteroatoms. The molecule has 1 heterocycles. The predicted molar refractivity (Wildman–Crippen MR) is 70.5 cm³/mol. The molecule has 0 aliphatic carbocycles. The number of ether oxygens (including phenoxy) is 1. The van der Waals surface area contributed by atoms with Crippen molar-refractivity contribution in [2.24, 2.45) is 0 Å². The average Bonchev–Trinajstić information content (AvgIpc) is 2.36. The third-order valence-electron chi connectivity index (χ3n) is 2.75. The number of carbonyl (C=O) groups is 1. The molecule has 2 rings (SSSR count). The lowest BCUT2D eigenvalue weighted by molar-refractivity contribution is -0.274. The molecule has 0 aliphatic heterocycles. The van der Waals surface area contributed by atoms with Gasteiger partial charge >= 0.3 is 12.3 Å². The molecule has 0 atom stereocenters. The van der Waals surface area contributed by atoms with Crippen LogP contribution in [0.1, 0.15) is 5.56 Å². The van der Waals surface area contributed by atoms with Gasteiger partial charge in [0.1, 0.15) is 5.75 Å². The summed E-state index contributed by atoms with van der Waals surface area (Å²) in [5.74, 6) is -1.65. The first-order chi connectivity index (χ1) is 10.3. The summed E-state index contributed by atoms with van der Waals surface area (Å²) in [6.07, 6.45) is -4.00. The van der Waals surface area contributed by atoms with Crippen molar-refractivity contribution in [2.75, 3.05) is 0 Å². The van der Waals surface area contributed by atoms with E-state index in [1.807, 2.05) is 0 Å². The zero-order chi connectivity index (χ0) is 16.3. The number of pyridine rings is 1. The van der Waals surface area contributed by atoms with Crippen molar-refractivity contribution in [1.82, 2.24) is 4.98 Å². The van der Waals surface area contributed by atoms with Gasteiger partial charge in [0, 0.05) is 6.20 Å². The Hall–Kier alpha value is -2.77. The van der Waals surface area contributed by atoms with E-state index in [0.29, 0.717) is 0 Å². The summed E-state index contributed by atoms with van der Waals surface area (Å²) in [4.78, 5) is 25.1. The molecule has 0 radical (unpaired) electrons. The highest BCUT2D eigenvalue weighted by molar-refractivity contribution is 5.76. The summed E-state index contributed by atoms with van der Waals surface area (Å²) in [7, 11) is 0. The maximum Gasteiger partial charge on any atom is 0.573 e. The third-order valence-corrected chi connectivity index (χ3v) is 2.75. The molecule has 0 saturated heterocycles. The second-order valence-electron chi connectivity index (χ2n) is 4.35. The van der Waals surface area contributed by atoms with E-state index >= 15 is 0 Å². The Balaban J connectivity index is 2.50. The van der Waals surface area contributed by atoms with Crippen LogP contribution < -0.4 is 10.3 Å². The van der Waals surface area contributed by atoms with Crippen molar-refractivity contribution in [3.05, 3.63) is 52.4 Å². The van der Waals surface area contributed by atoms with Crippen LogP contribution in [0.5, 0.6) is 5.75 Å². The minimum Gasteiger partial charge on any atom is -0.481 e. The Morgan fingerprint density at radius 2 is 2.00 bits per heavy atom. The Morgan fingerprint density at radius 3 is 2.64 bits per heavy atom. The number of carboxylic acids is 1. The summed E-state index contributed by atoms with van der Waals surface area (Å²) >= 11 is 0. The van der Waals surface area contributed by atoms with Gasteiger partial charge < -0.3 is 14.8 Å². The van der Waals surface area contributed by atoms with Gasteiger partial charge in [0.05, 0.1) is 12.0 Å². The molecular formula is C14H10F3NO4. The predicted octanol–water partition coefficient (Wildman–Crippen LogP) is 2.57. The van der Waals surface area contributed by atoms with Crippen LogP contribution >= 0.6 is 0 Å². The highest BCUT2D eigenvalue weighted by Crippen LogP contribution is 2.28. The monoisotopic (exact) mass is 313 g/mol. The SMILES string of the molecule is O=C(O)Cc1cc[nH]c(=O)c1-c1cccc(OC(F)(F)F)c1. The van der Waals surface area contributed by atoms with Crippen LogP contribution in [-0.4, -0.2) is 22.4 Å². The van der Waals surface area contributed by atoms with Crippen LogP contribution in [0.2, 0.25) is 0 Å². The molecule has 5 nitrogen and oxygen atoms in total. The Morgan fingerprint density at radius 1 is 1.27 bits per heavy atom. The van der Waals surface area contributed by atoms with E-state index < -0.39 is 30.1 Å². The number of alkyl halides is 3. The number of nitrogens with one attached hydrogen (secondary N) is 1. The Bertz CT molecular complexity index is 752. The Labute approximate surface area is 122 Å². The summed E-state index contributed by atoms with van der Waals surface area (Å²) in [6, 6.07) is 6.20. The van der Waals surface area contributed by atoms with Crippen molar-refractivity contribution in [2.45, 2.75) is 12.8 Å². The number of aliphatic carboxylic acids is 1. The molecule has 2 N–H and O–H groups in total. The van der Waals surface area contributed by atoms with Crippen LogP contribution in [0.25, 0.3) is 11.1 Å². The standard InChI is InChI=1S/C14H10F3NO4/c15-14(16,17)22-10-3-1-2-8(6-10)12-9(7-11(19)20)4-5-18-13(12)21/h1-6H,7H2,(H,18,21)(H,19,20).